The van der Waals surface area contributed by atoms with Gasteiger partial charge >= 0.3 is 0 Å². The van der Waals surface area contributed by atoms with E-state index in [1.54, 1.807) is 26.4 Å². The first kappa shape index (κ1) is 17.9. The van der Waals surface area contributed by atoms with Crippen molar-refractivity contribution in [3.05, 3.63) is 64.7 Å². The molecule has 0 aliphatic rings. The third kappa shape index (κ3) is 5.03. The smallest absolute Gasteiger partial charge is 0.244 e. The van der Waals surface area contributed by atoms with Gasteiger partial charge in [-0.2, -0.15) is 0 Å². The summed E-state index contributed by atoms with van der Waals surface area (Å²) in [6.07, 6.45) is 3.89. The first-order valence-corrected chi connectivity index (χ1v) is 7.93. The van der Waals surface area contributed by atoms with Crippen LogP contribution in [0, 0.1) is 0 Å². The predicted octanol–water partition coefficient (Wildman–Crippen LogP) is 3.73. The number of hydrogen-bond donors (Lipinski definition) is 1. The zero-order valence-electron chi connectivity index (χ0n) is 13.7. The first-order valence-electron chi connectivity index (χ1n) is 7.55. The fourth-order valence-corrected chi connectivity index (χ4v) is 2.43. The molecule has 0 fully saturated rings. The van der Waals surface area contributed by atoms with Crippen LogP contribution in [0.4, 0.5) is 0 Å². The number of amides is 1. The Labute approximate surface area is 147 Å². The van der Waals surface area contributed by atoms with Crippen LogP contribution in [0.15, 0.2) is 48.5 Å². The van der Waals surface area contributed by atoms with Gasteiger partial charge < -0.3 is 14.8 Å². The van der Waals surface area contributed by atoms with E-state index in [9.17, 15) is 4.79 Å². The van der Waals surface area contributed by atoms with E-state index in [-0.39, 0.29) is 5.91 Å². The summed E-state index contributed by atoms with van der Waals surface area (Å²) in [4.78, 5) is 11.9. The molecule has 0 bridgehead atoms. The summed E-state index contributed by atoms with van der Waals surface area (Å²) in [6.45, 7) is 0.557. The van der Waals surface area contributed by atoms with Crippen LogP contribution in [-0.2, 0) is 11.2 Å². The number of hydrogen-bond acceptors (Lipinski definition) is 3. The molecular formula is C19H20ClNO3. The zero-order valence-corrected chi connectivity index (χ0v) is 14.5. The van der Waals surface area contributed by atoms with Crippen molar-refractivity contribution in [3.8, 4) is 11.5 Å². The van der Waals surface area contributed by atoms with Crippen molar-refractivity contribution >= 4 is 23.6 Å². The van der Waals surface area contributed by atoms with E-state index in [1.807, 2.05) is 36.4 Å². The molecule has 2 rings (SSSR count). The molecule has 0 saturated carbocycles. The minimum Gasteiger partial charge on any atom is -0.497 e. The van der Waals surface area contributed by atoms with E-state index >= 15 is 0 Å². The van der Waals surface area contributed by atoms with Gasteiger partial charge in [0, 0.05) is 12.6 Å². The quantitative estimate of drug-likeness (QED) is 0.778. The maximum absolute atomic E-state index is 11.9. The fourth-order valence-electron chi connectivity index (χ4n) is 2.16. The predicted molar refractivity (Wildman–Crippen MR) is 96.7 cm³/mol. The van der Waals surface area contributed by atoms with Crippen LogP contribution < -0.4 is 14.8 Å². The van der Waals surface area contributed by atoms with Crippen molar-refractivity contribution in [3.63, 3.8) is 0 Å². The summed E-state index contributed by atoms with van der Waals surface area (Å²) in [6, 6.07) is 13.2. The largest absolute Gasteiger partial charge is 0.497 e. The van der Waals surface area contributed by atoms with E-state index in [1.165, 1.54) is 6.08 Å². The van der Waals surface area contributed by atoms with Crippen LogP contribution in [0.3, 0.4) is 0 Å². The minimum absolute atomic E-state index is 0.164. The highest BCUT2D eigenvalue weighted by atomic mass is 35.5. The molecule has 0 unspecified atom stereocenters. The monoisotopic (exact) mass is 345 g/mol. The normalized spacial score (nSPS) is 10.6. The molecule has 2 aromatic rings. The Morgan fingerprint density at radius 2 is 1.88 bits per heavy atom. The number of nitrogens with one attached hydrogen (secondary N) is 1. The van der Waals surface area contributed by atoms with Crippen LogP contribution in [0.1, 0.15) is 11.1 Å². The molecule has 4 nitrogen and oxygen atoms in total. The second kappa shape index (κ2) is 8.99. The lowest BCUT2D eigenvalue weighted by Gasteiger charge is -2.06. The summed E-state index contributed by atoms with van der Waals surface area (Å²) >= 11 is 6.18. The molecule has 126 valence electrons. The SMILES string of the molecule is COc1ccc(CCNC(=O)/C=C/c2cccc(OC)c2Cl)cc1. The Bertz CT molecular complexity index is 711. The highest BCUT2D eigenvalue weighted by Crippen LogP contribution is 2.28. The van der Waals surface area contributed by atoms with Gasteiger partial charge in [0.1, 0.15) is 11.5 Å². The molecular weight excluding hydrogens is 326 g/mol. The van der Waals surface area contributed by atoms with Gasteiger partial charge in [-0.1, -0.05) is 35.9 Å². The van der Waals surface area contributed by atoms with Crippen molar-refractivity contribution < 1.29 is 14.3 Å². The van der Waals surface area contributed by atoms with Crippen molar-refractivity contribution in [2.75, 3.05) is 20.8 Å². The number of rotatable bonds is 7. The van der Waals surface area contributed by atoms with Crippen LogP contribution in [0.5, 0.6) is 11.5 Å². The van der Waals surface area contributed by atoms with Gasteiger partial charge in [0.2, 0.25) is 5.91 Å². The minimum atomic E-state index is -0.164. The molecule has 0 aromatic heterocycles. The summed E-state index contributed by atoms with van der Waals surface area (Å²) in [7, 11) is 3.19. The molecule has 0 spiro atoms. The number of carbonyl (C=O) groups is 1. The van der Waals surface area contributed by atoms with Gasteiger partial charge in [-0.25, -0.2) is 0 Å². The lowest BCUT2D eigenvalue weighted by atomic mass is 10.1. The van der Waals surface area contributed by atoms with E-state index in [4.69, 9.17) is 21.1 Å². The molecule has 0 aliphatic carbocycles. The molecule has 0 atom stereocenters. The summed E-state index contributed by atoms with van der Waals surface area (Å²) < 4.78 is 10.3. The maximum Gasteiger partial charge on any atom is 0.244 e. The van der Waals surface area contributed by atoms with Gasteiger partial charge in [0.25, 0.3) is 0 Å². The molecule has 0 radical (unpaired) electrons. The van der Waals surface area contributed by atoms with E-state index in [2.05, 4.69) is 5.32 Å². The molecule has 0 heterocycles. The van der Waals surface area contributed by atoms with Crippen LogP contribution in [0.2, 0.25) is 5.02 Å². The lowest BCUT2D eigenvalue weighted by Crippen LogP contribution is -2.23. The van der Waals surface area contributed by atoms with Crippen LogP contribution in [0.25, 0.3) is 6.08 Å². The van der Waals surface area contributed by atoms with Gasteiger partial charge in [0.15, 0.2) is 0 Å². The standard InChI is InChI=1S/C19H20ClNO3/c1-23-16-9-6-14(7-10-16)12-13-21-18(22)11-8-15-4-3-5-17(24-2)19(15)20/h3-11H,12-13H2,1-2H3,(H,21,22)/b11-8+. The highest BCUT2D eigenvalue weighted by Gasteiger charge is 2.04. The Balaban J connectivity index is 1.84. The molecule has 1 N–H and O–H groups in total. The molecule has 2 aromatic carbocycles. The average Bonchev–Trinajstić information content (AvgIpc) is 2.61. The van der Waals surface area contributed by atoms with Crippen LogP contribution >= 0.6 is 11.6 Å². The molecule has 0 aliphatic heterocycles. The topological polar surface area (TPSA) is 47.6 Å². The van der Waals surface area contributed by atoms with Gasteiger partial charge in [0.05, 0.1) is 19.2 Å². The van der Waals surface area contributed by atoms with E-state index in [0.717, 1.165) is 23.3 Å². The van der Waals surface area contributed by atoms with Gasteiger partial charge in [-0.3, -0.25) is 4.79 Å². The zero-order chi connectivity index (χ0) is 17.4. The second-order valence-electron chi connectivity index (χ2n) is 5.09. The Hall–Kier alpha value is -2.46. The Morgan fingerprint density at radius 1 is 1.12 bits per heavy atom. The number of benzene rings is 2. The number of methoxy groups -OCH3 is 2. The van der Waals surface area contributed by atoms with Crippen LogP contribution in [-0.4, -0.2) is 26.7 Å². The lowest BCUT2D eigenvalue weighted by molar-refractivity contribution is -0.116. The van der Waals surface area contributed by atoms with Crippen molar-refractivity contribution in [1.82, 2.24) is 5.32 Å². The van der Waals surface area contributed by atoms with Crippen molar-refractivity contribution in [2.45, 2.75) is 6.42 Å². The highest BCUT2D eigenvalue weighted by molar-refractivity contribution is 6.33. The molecule has 0 saturated heterocycles. The summed E-state index contributed by atoms with van der Waals surface area (Å²) in [5.74, 6) is 1.24. The summed E-state index contributed by atoms with van der Waals surface area (Å²) in [5, 5.41) is 3.33. The fraction of sp³-hybridized carbons (Fsp3) is 0.211. The van der Waals surface area contributed by atoms with E-state index < -0.39 is 0 Å². The number of halogens is 1. The Morgan fingerprint density at radius 3 is 2.54 bits per heavy atom. The van der Waals surface area contributed by atoms with Gasteiger partial charge in [-0.05, 0) is 41.8 Å². The average molecular weight is 346 g/mol. The van der Waals surface area contributed by atoms with Crippen molar-refractivity contribution in [2.24, 2.45) is 0 Å². The van der Waals surface area contributed by atoms with E-state index in [0.29, 0.717) is 17.3 Å². The molecule has 1 amide bonds. The third-order valence-corrected chi connectivity index (χ3v) is 3.90. The first-order chi connectivity index (χ1) is 11.6. The number of ether oxygens (including phenoxy) is 2. The number of carbonyl (C=O) groups excluding carboxylic acids is 1. The third-order valence-electron chi connectivity index (χ3n) is 3.50. The summed E-state index contributed by atoms with van der Waals surface area (Å²) in [5.41, 5.74) is 1.87. The molecule has 5 heteroatoms. The molecule has 24 heavy (non-hydrogen) atoms. The Kier molecular flexibility index (Phi) is 6.70. The van der Waals surface area contributed by atoms with Crippen molar-refractivity contribution in [1.29, 1.82) is 0 Å². The second-order valence-corrected chi connectivity index (χ2v) is 5.46. The maximum atomic E-state index is 11.9. The van der Waals surface area contributed by atoms with Gasteiger partial charge in [-0.15, -0.1) is 0 Å².